The summed E-state index contributed by atoms with van der Waals surface area (Å²) in [4.78, 5) is 20.9. The quantitative estimate of drug-likeness (QED) is 0.472. The number of rotatable bonds is 6. The van der Waals surface area contributed by atoms with Crippen LogP contribution in [-0.2, 0) is 11.3 Å². The first kappa shape index (κ1) is 20.4. The Balaban J connectivity index is 1.79. The molecule has 0 bridgehead atoms. The number of anilines is 1. The van der Waals surface area contributed by atoms with Gasteiger partial charge in [-0.1, -0.05) is 0 Å². The number of carbonyl (C=O) groups excluding carboxylic acids is 1. The van der Waals surface area contributed by atoms with E-state index in [4.69, 9.17) is 9.47 Å². The van der Waals surface area contributed by atoms with Crippen LogP contribution in [0.2, 0.25) is 0 Å². The molecule has 0 amide bonds. The molecule has 160 valence electrons. The van der Waals surface area contributed by atoms with Crippen LogP contribution in [0.15, 0.2) is 36.5 Å². The largest absolute Gasteiger partial charge is 0.497 e. The summed E-state index contributed by atoms with van der Waals surface area (Å²) in [6.45, 7) is 2.23. The molecule has 0 aliphatic rings. The monoisotopic (exact) mass is 424 g/mol. The van der Waals surface area contributed by atoms with Crippen LogP contribution >= 0.6 is 0 Å². The molecule has 9 heteroatoms. The molecule has 0 aliphatic carbocycles. The maximum atomic E-state index is 14.5. The van der Waals surface area contributed by atoms with Gasteiger partial charge in [-0.3, -0.25) is 4.40 Å². The molecule has 4 rings (SSSR count). The van der Waals surface area contributed by atoms with Gasteiger partial charge < -0.3 is 19.5 Å². The van der Waals surface area contributed by atoms with Crippen LogP contribution in [-0.4, -0.2) is 41.7 Å². The van der Waals surface area contributed by atoms with Crippen LogP contribution in [0.4, 0.5) is 10.2 Å². The predicted octanol–water partition coefficient (Wildman–Crippen LogP) is 3.75. The van der Waals surface area contributed by atoms with Gasteiger partial charge in [-0.15, -0.1) is 0 Å². The number of fused-ring (bicyclic) bond motifs is 3. The smallest absolute Gasteiger partial charge is 0.340 e. The van der Waals surface area contributed by atoms with E-state index in [-0.39, 0.29) is 5.56 Å². The van der Waals surface area contributed by atoms with E-state index in [1.807, 2.05) is 23.5 Å². The fourth-order valence-electron chi connectivity index (χ4n) is 3.49. The summed E-state index contributed by atoms with van der Waals surface area (Å²) in [5, 5.41) is 3.28. The predicted molar refractivity (Wildman–Crippen MR) is 113 cm³/mol. The van der Waals surface area contributed by atoms with Crippen molar-refractivity contribution in [1.29, 1.82) is 0 Å². The number of nitrogens with zero attached hydrogens (tertiary/aromatic N) is 3. The van der Waals surface area contributed by atoms with Crippen LogP contribution in [0.1, 0.15) is 21.7 Å². The number of hydrogen-bond donors (Lipinski definition) is 1. The van der Waals surface area contributed by atoms with Crippen molar-refractivity contribution in [3.63, 3.8) is 0 Å². The number of halogens is 1. The van der Waals surface area contributed by atoms with Gasteiger partial charge in [0.15, 0.2) is 5.82 Å². The number of ether oxygens (including phenoxy) is 3. The average molecular weight is 424 g/mol. The number of nitrogens with one attached hydrogen (secondary N) is 1. The molecule has 2 heterocycles. The summed E-state index contributed by atoms with van der Waals surface area (Å²) < 4.78 is 31.7. The second kappa shape index (κ2) is 8.10. The molecule has 0 radical (unpaired) electrons. The van der Waals surface area contributed by atoms with E-state index in [0.29, 0.717) is 46.2 Å². The third-order valence-electron chi connectivity index (χ3n) is 5.06. The fourth-order valence-corrected chi connectivity index (χ4v) is 3.49. The first-order valence-corrected chi connectivity index (χ1v) is 9.47. The van der Waals surface area contributed by atoms with E-state index in [1.165, 1.54) is 19.2 Å². The third kappa shape index (κ3) is 3.58. The van der Waals surface area contributed by atoms with Crippen molar-refractivity contribution in [1.82, 2.24) is 14.4 Å². The Hall–Kier alpha value is -3.88. The van der Waals surface area contributed by atoms with Crippen LogP contribution < -0.4 is 14.8 Å². The summed E-state index contributed by atoms with van der Waals surface area (Å²) in [6.07, 6.45) is 1.68. The van der Waals surface area contributed by atoms with Gasteiger partial charge in [0.05, 0.1) is 44.1 Å². The molecule has 0 unspecified atom stereocenters. The molecule has 0 fully saturated rings. The second-order valence-electron chi connectivity index (χ2n) is 6.83. The number of carbonyl (C=O) groups is 1. The molecule has 2 aromatic carbocycles. The Bertz CT molecular complexity index is 1300. The highest BCUT2D eigenvalue weighted by Crippen LogP contribution is 2.28. The zero-order valence-electron chi connectivity index (χ0n) is 17.5. The van der Waals surface area contributed by atoms with Gasteiger partial charge in [0.2, 0.25) is 0 Å². The topological polar surface area (TPSA) is 87.0 Å². The average Bonchev–Trinajstić information content (AvgIpc) is 3.18. The van der Waals surface area contributed by atoms with Crippen molar-refractivity contribution >= 4 is 28.3 Å². The first-order chi connectivity index (χ1) is 15.0. The number of methoxy groups -OCH3 is 3. The highest BCUT2D eigenvalue weighted by atomic mass is 19.1. The molecule has 0 saturated heterocycles. The maximum absolute atomic E-state index is 14.5. The molecule has 0 atom stereocenters. The molecule has 0 saturated carbocycles. The minimum atomic E-state index is -0.751. The Labute approximate surface area is 177 Å². The standard InChI is InChI=1S/C22H21FN4O4/c1-12-24-11-19-21(25-10-13-5-6-14(29-2)7-20(13)30-3)26-17-9-16(23)15(22(28)31-4)8-18(17)27(12)19/h5-9,11H,10H2,1-4H3,(H,25,26). The highest BCUT2D eigenvalue weighted by molar-refractivity contribution is 5.95. The summed E-state index contributed by atoms with van der Waals surface area (Å²) in [5.41, 5.74) is 2.36. The van der Waals surface area contributed by atoms with Gasteiger partial charge in [-0.2, -0.15) is 0 Å². The summed E-state index contributed by atoms with van der Waals surface area (Å²) in [6, 6.07) is 8.19. The zero-order chi connectivity index (χ0) is 22.1. The van der Waals surface area contributed by atoms with Crippen molar-refractivity contribution in [2.75, 3.05) is 26.6 Å². The van der Waals surface area contributed by atoms with E-state index in [1.54, 1.807) is 26.5 Å². The van der Waals surface area contributed by atoms with Gasteiger partial charge in [0.25, 0.3) is 0 Å². The van der Waals surface area contributed by atoms with Gasteiger partial charge in [-0.25, -0.2) is 19.2 Å². The lowest BCUT2D eigenvalue weighted by atomic mass is 10.1. The summed E-state index contributed by atoms with van der Waals surface area (Å²) >= 11 is 0. The van der Waals surface area contributed by atoms with Crippen molar-refractivity contribution in [3.8, 4) is 11.5 Å². The number of benzene rings is 2. The number of aryl methyl sites for hydroxylation is 1. The Kier molecular flexibility index (Phi) is 5.33. The molecule has 4 aromatic rings. The Morgan fingerprint density at radius 3 is 2.65 bits per heavy atom. The lowest BCUT2D eigenvalue weighted by Crippen LogP contribution is -2.09. The van der Waals surface area contributed by atoms with Crippen LogP contribution in [0.25, 0.3) is 16.6 Å². The molecular formula is C22H21FN4O4. The van der Waals surface area contributed by atoms with E-state index < -0.39 is 11.8 Å². The van der Waals surface area contributed by atoms with Gasteiger partial charge in [0.1, 0.15) is 28.7 Å². The second-order valence-corrected chi connectivity index (χ2v) is 6.83. The van der Waals surface area contributed by atoms with Crippen molar-refractivity contribution in [2.24, 2.45) is 0 Å². The number of hydrogen-bond acceptors (Lipinski definition) is 7. The van der Waals surface area contributed by atoms with E-state index in [0.717, 1.165) is 5.56 Å². The Morgan fingerprint density at radius 1 is 1.13 bits per heavy atom. The van der Waals surface area contributed by atoms with Crippen LogP contribution in [0, 0.1) is 12.7 Å². The van der Waals surface area contributed by atoms with Gasteiger partial charge in [0, 0.05) is 24.2 Å². The molecular weight excluding hydrogens is 403 g/mol. The Morgan fingerprint density at radius 2 is 1.94 bits per heavy atom. The normalized spacial score (nSPS) is 11.0. The maximum Gasteiger partial charge on any atom is 0.340 e. The van der Waals surface area contributed by atoms with E-state index in [9.17, 15) is 9.18 Å². The van der Waals surface area contributed by atoms with Crippen LogP contribution in [0.3, 0.4) is 0 Å². The summed E-state index contributed by atoms with van der Waals surface area (Å²) in [5.74, 6) is 1.11. The lowest BCUT2D eigenvalue weighted by Gasteiger charge is -2.14. The minimum Gasteiger partial charge on any atom is -0.497 e. The zero-order valence-corrected chi connectivity index (χ0v) is 17.5. The lowest BCUT2D eigenvalue weighted by molar-refractivity contribution is 0.0595. The fraction of sp³-hybridized carbons (Fsp3) is 0.227. The minimum absolute atomic E-state index is 0.158. The summed E-state index contributed by atoms with van der Waals surface area (Å²) in [7, 11) is 4.39. The third-order valence-corrected chi connectivity index (χ3v) is 5.06. The van der Waals surface area contributed by atoms with Crippen molar-refractivity contribution in [3.05, 3.63) is 59.3 Å². The molecule has 2 aromatic heterocycles. The molecule has 0 aliphatic heterocycles. The molecule has 1 N–H and O–H groups in total. The highest BCUT2D eigenvalue weighted by Gasteiger charge is 2.18. The first-order valence-electron chi connectivity index (χ1n) is 9.47. The van der Waals surface area contributed by atoms with Gasteiger partial charge in [-0.05, 0) is 25.1 Å². The van der Waals surface area contributed by atoms with E-state index in [2.05, 4.69) is 20.0 Å². The van der Waals surface area contributed by atoms with E-state index >= 15 is 0 Å². The molecule has 0 spiro atoms. The van der Waals surface area contributed by atoms with Crippen molar-refractivity contribution in [2.45, 2.75) is 13.5 Å². The SMILES string of the molecule is COC(=O)c1cc2c(cc1F)nc(NCc1ccc(OC)cc1OC)c1cnc(C)n12. The number of esters is 1. The van der Waals surface area contributed by atoms with Crippen molar-refractivity contribution < 1.29 is 23.4 Å². The molecule has 31 heavy (non-hydrogen) atoms. The number of aromatic nitrogens is 3. The number of imidazole rings is 1. The van der Waals surface area contributed by atoms with Crippen LogP contribution in [0.5, 0.6) is 11.5 Å². The van der Waals surface area contributed by atoms with Gasteiger partial charge >= 0.3 is 5.97 Å². The molecule has 8 nitrogen and oxygen atoms in total.